The number of amides is 2. The van der Waals surface area contributed by atoms with Crippen LogP contribution in [0.2, 0.25) is 0 Å². The molecule has 0 saturated heterocycles. The minimum absolute atomic E-state index is 0.0515. The maximum Gasteiger partial charge on any atom is 0.265 e. The van der Waals surface area contributed by atoms with Crippen LogP contribution in [0.5, 0.6) is 5.75 Å². The Balaban J connectivity index is 2.11. The third kappa shape index (κ3) is 6.21. The van der Waals surface area contributed by atoms with Gasteiger partial charge in [0.15, 0.2) is 6.10 Å². The SMILES string of the molecule is C=CCNC(=O)c1ccccc1NC(=O)[C@H](CC)Oc1ccc(C(C)(C)C)cc1. The summed E-state index contributed by atoms with van der Waals surface area (Å²) >= 11 is 0. The standard InChI is InChI=1S/C24H30N2O3/c1-6-16-25-22(27)19-10-8-9-11-20(19)26-23(28)21(7-2)29-18-14-12-17(13-15-18)24(3,4)5/h6,8-15,21H,1,7,16H2,2-5H3,(H,25,27)(H,26,28)/t21-/m0/s1. The molecule has 29 heavy (non-hydrogen) atoms. The van der Waals surface area contributed by atoms with Crippen LogP contribution in [0.4, 0.5) is 5.69 Å². The molecule has 0 spiro atoms. The van der Waals surface area contributed by atoms with Crippen molar-refractivity contribution >= 4 is 17.5 Å². The van der Waals surface area contributed by atoms with Gasteiger partial charge in [-0.3, -0.25) is 9.59 Å². The van der Waals surface area contributed by atoms with Crippen LogP contribution >= 0.6 is 0 Å². The fraction of sp³-hybridized carbons (Fsp3) is 0.333. The van der Waals surface area contributed by atoms with Gasteiger partial charge in [0.2, 0.25) is 0 Å². The molecule has 2 aromatic rings. The average molecular weight is 395 g/mol. The Bertz CT molecular complexity index is 851. The predicted octanol–water partition coefficient (Wildman–Crippen LogP) is 4.70. The van der Waals surface area contributed by atoms with Crippen molar-refractivity contribution in [3.05, 3.63) is 72.3 Å². The second-order valence-electron chi connectivity index (χ2n) is 7.82. The van der Waals surface area contributed by atoms with Crippen molar-refractivity contribution in [2.45, 2.75) is 45.6 Å². The molecule has 2 rings (SSSR count). The van der Waals surface area contributed by atoms with E-state index in [1.807, 2.05) is 31.2 Å². The Labute approximate surface area is 173 Å². The van der Waals surface area contributed by atoms with Crippen molar-refractivity contribution in [3.8, 4) is 5.75 Å². The Morgan fingerprint density at radius 2 is 1.76 bits per heavy atom. The van der Waals surface area contributed by atoms with E-state index in [1.165, 1.54) is 5.56 Å². The summed E-state index contributed by atoms with van der Waals surface area (Å²) < 4.78 is 5.90. The second kappa shape index (κ2) is 9.92. The molecule has 5 heteroatoms. The fourth-order valence-corrected chi connectivity index (χ4v) is 2.78. The van der Waals surface area contributed by atoms with Gasteiger partial charge in [-0.15, -0.1) is 6.58 Å². The van der Waals surface area contributed by atoms with Gasteiger partial charge in [0.1, 0.15) is 5.75 Å². The van der Waals surface area contributed by atoms with Crippen LogP contribution in [-0.4, -0.2) is 24.5 Å². The van der Waals surface area contributed by atoms with E-state index in [4.69, 9.17) is 4.74 Å². The highest BCUT2D eigenvalue weighted by Gasteiger charge is 2.21. The van der Waals surface area contributed by atoms with E-state index in [1.54, 1.807) is 30.3 Å². The van der Waals surface area contributed by atoms with Gasteiger partial charge in [-0.2, -0.15) is 0 Å². The highest BCUT2D eigenvalue weighted by atomic mass is 16.5. The Kier molecular flexibility index (Phi) is 7.59. The number of carbonyl (C=O) groups excluding carboxylic acids is 2. The van der Waals surface area contributed by atoms with Crippen molar-refractivity contribution in [3.63, 3.8) is 0 Å². The van der Waals surface area contributed by atoms with Crippen molar-refractivity contribution in [2.24, 2.45) is 0 Å². The number of nitrogens with one attached hydrogen (secondary N) is 2. The predicted molar refractivity (Wildman–Crippen MR) is 117 cm³/mol. The van der Waals surface area contributed by atoms with Crippen molar-refractivity contribution < 1.29 is 14.3 Å². The number of ether oxygens (including phenoxy) is 1. The normalized spacial score (nSPS) is 12.0. The van der Waals surface area contributed by atoms with E-state index in [0.717, 1.165) is 0 Å². The third-order valence-corrected chi connectivity index (χ3v) is 4.50. The lowest BCUT2D eigenvalue weighted by atomic mass is 9.87. The van der Waals surface area contributed by atoms with E-state index in [2.05, 4.69) is 38.0 Å². The van der Waals surface area contributed by atoms with Gasteiger partial charge >= 0.3 is 0 Å². The summed E-state index contributed by atoms with van der Waals surface area (Å²) in [5.74, 6) is 0.0703. The van der Waals surface area contributed by atoms with Crippen LogP contribution in [0.25, 0.3) is 0 Å². The number of para-hydroxylation sites is 1. The minimum Gasteiger partial charge on any atom is -0.481 e. The molecule has 5 nitrogen and oxygen atoms in total. The zero-order valence-electron chi connectivity index (χ0n) is 17.6. The monoisotopic (exact) mass is 394 g/mol. The second-order valence-corrected chi connectivity index (χ2v) is 7.82. The molecule has 0 fully saturated rings. The summed E-state index contributed by atoms with van der Waals surface area (Å²) in [6, 6.07) is 14.7. The zero-order chi connectivity index (χ0) is 21.4. The first-order valence-electron chi connectivity index (χ1n) is 9.82. The topological polar surface area (TPSA) is 67.4 Å². The van der Waals surface area contributed by atoms with Gasteiger partial charge in [0.25, 0.3) is 11.8 Å². The van der Waals surface area contributed by atoms with Crippen molar-refractivity contribution in [1.82, 2.24) is 5.32 Å². The number of anilines is 1. The quantitative estimate of drug-likeness (QED) is 0.638. The maximum atomic E-state index is 12.8. The molecule has 0 bridgehead atoms. The molecule has 1 atom stereocenters. The van der Waals surface area contributed by atoms with E-state index in [0.29, 0.717) is 30.0 Å². The molecule has 0 aliphatic carbocycles. The van der Waals surface area contributed by atoms with Crippen LogP contribution in [0.1, 0.15) is 50.0 Å². The number of hydrogen-bond donors (Lipinski definition) is 2. The first-order chi connectivity index (χ1) is 13.8. The molecule has 0 heterocycles. The molecule has 2 N–H and O–H groups in total. The summed E-state index contributed by atoms with van der Waals surface area (Å²) in [6.45, 7) is 12.3. The van der Waals surface area contributed by atoms with Crippen LogP contribution in [0.15, 0.2) is 61.2 Å². The molecule has 0 aliphatic heterocycles. The van der Waals surface area contributed by atoms with Gasteiger partial charge in [-0.1, -0.05) is 58.0 Å². The molecule has 2 amide bonds. The van der Waals surface area contributed by atoms with E-state index < -0.39 is 6.10 Å². The molecule has 154 valence electrons. The summed E-state index contributed by atoms with van der Waals surface area (Å²) in [6.07, 6.45) is 1.43. The first-order valence-corrected chi connectivity index (χ1v) is 9.82. The number of hydrogen-bond acceptors (Lipinski definition) is 3. The summed E-state index contributed by atoms with van der Waals surface area (Å²) in [5, 5.41) is 5.55. The molecular weight excluding hydrogens is 364 g/mol. The van der Waals surface area contributed by atoms with Gasteiger partial charge in [-0.05, 0) is 41.7 Å². The maximum absolute atomic E-state index is 12.8. The molecular formula is C24H30N2O3. The van der Waals surface area contributed by atoms with E-state index in [9.17, 15) is 9.59 Å². The number of benzene rings is 2. The highest BCUT2D eigenvalue weighted by molar-refractivity contribution is 6.04. The van der Waals surface area contributed by atoms with Gasteiger partial charge in [0.05, 0.1) is 11.3 Å². The fourth-order valence-electron chi connectivity index (χ4n) is 2.78. The first kappa shape index (κ1) is 22.2. The molecule has 0 aliphatic rings. The Hall–Kier alpha value is -3.08. The summed E-state index contributed by atoms with van der Waals surface area (Å²) in [4.78, 5) is 25.1. The lowest BCUT2D eigenvalue weighted by Gasteiger charge is -2.21. The highest BCUT2D eigenvalue weighted by Crippen LogP contribution is 2.25. The van der Waals surface area contributed by atoms with Gasteiger partial charge in [-0.25, -0.2) is 0 Å². The number of carbonyl (C=O) groups is 2. The number of rotatable bonds is 8. The van der Waals surface area contributed by atoms with Crippen molar-refractivity contribution in [1.29, 1.82) is 0 Å². The van der Waals surface area contributed by atoms with Crippen LogP contribution in [0.3, 0.4) is 0 Å². The average Bonchev–Trinajstić information content (AvgIpc) is 2.70. The Morgan fingerprint density at radius 1 is 1.10 bits per heavy atom. The molecule has 2 aromatic carbocycles. The molecule has 0 radical (unpaired) electrons. The van der Waals surface area contributed by atoms with E-state index in [-0.39, 0.29) is 17.2 Å². The molecule has 0 unspecified atom stereocenters. The zero-order valence-corrected chi connectivity index (χ0v) is 17.6. The molecule has 0 saturated carbocycles. The summed E-state index contributed by atoms with van der Waals surface area (Å²) in [5.41, 5.74) is 2.09. The van der Waals surface area contributed by atoms with Crippen LogP contribution < -0.4 is 15.4 Å². The Morgan fingerprint density at radius 3 is 2.34 bits per heavy atom. The van der Waals surface area contributed by atoms with Crippen LogP contribution in [-0.2, 0) is 10.2 Å². The smallest absolute Gasteiger partial charge is 0.265 e. The van der Waals surface area contributed by atoms with Gasteiger partial charge < -0.3 is 15.4 Å². The third-order valence-electron chi connectivity index (χ3n) is 4.50. The van der Waals surface area contributed by atoms with Crippen molar-refractivity contribution in [2.75, 3.05) is 11.9 Å². The largest absolute Gasteiger partial charge is 0.481 e. The van der Waals surface area contributed by atoms with Gasteiger partial charge in [0, 0.05) is 6.54 Å². The minimum atomic E-state index is -0.667. The summed E-state index contributed by atoms with van der Waals surface area (Å²) in [7, 11) is 0. The van der Waals surface area contributed by atoms with Crippen LogP contribution in [0, 0.1) is 0 Å². The lowest BCUT2D eigenvalue weighted by molar-refractivity contribution is -0.122. The molecule has 0 aromatic heterocycles. The van der Waals surface area contributed by atoms with E-state index >= 15 is 0 Å². The lowest BCUT2D eigenvalue weighted by Crippen LogP contribution is -2.33.